The third-order valence-corrected chi connectivity index (χ3v) is 4.20. The highest BCUT2D eigenvalue weighted by atomic mass is 31.2. The van der Waals surface area contributed by atoms with Crippen LogP contribution in [0.2, 0.25) is 0 Å². The van der Waals surface area contributed by atoms with Gasteiger partial charge in [0.05, 0.1) is 13.2 Å². The number of unbranched alkanes of at least 4 members (excludes halogenated alkanes) is 3. The Kier molecular flexibility index (Phi) is 7.75. The number of phosphoric ester groups is 1. The second-order valence-corrected chi connectivity index (χ2v) is 6.99. The second kappa shape index (κ2) is 9.81. The van der Waals surface area contributed by atoms with Crippen molar-refractivity contribution in [1.82, 2.24) is 19.5 Å². The summed E-state index contributed by atoms with van der Waals surface area (Å²) in [5.41, 5.74) is 6.24. The molecule has 0 radical (unpaired) electrons. The number of H-pyrrole nitrogens is 1. The van der Waals surface area contributed by atoms with Crippen molar-refractivity contribution in [1.29, 1.82) is 0 Å². The Morgan fingerprint density at radius 3 is 2.59 bits per heavy atom. The van der Waals surface area contributed by atoms with E-state index in [2.05, 4.69) is 19.5 Å². The summed E-state index contributed by atoms with van der Waals surface area (Å²) >= 11 is 0. The fourth-order valence-corrected chi connectivity index (χ4v) is 2.80. The van der Waals surface area contributed by atoms with Gasteiger partial charge in [-0.25, -0.2) is 9.36 Å². The van der Waals surface area contributed by atoms with Gasteiger partial charge in [-0.3, -0.25) is 9.09 Å². The van der Waals surface area contributed by atoms with E-state index in [4.69, 9.17) is 25.0 Å². The van der Waals surface area contributed by atoms with Gasteiger partial charge in [-0.2, -0.15) is 9.97 Å². The van der Waals surface area contributed by atoms with Crippen LogP contribution >= 0.6 is 7.82 Å². The minimum atomic E-state index is -4.41. The number of methoxy groups -OCH3 is 1. The van der Waals surface area contributed by atoms with Crippen LogP contribution in [0.15, 0.2) is 4.79 Å². The van der Waals surface area contributed by atoms with Gasteiger partial charge < -0.3 is 30.0 Å². The van der Waals surface area contributed by atoms with Crippen molar-refractivity contribution in [2.24, 2.45) is 0 Å². The molecule has 0 aromatic carbocycles. The largest absolute Gasteiger partial charge is 0.469 e. The normalized spacial score (nSPS) is 12.0. The number of hydrogen-bond donors (Lipinski definition) is 4. The van der Waals surface area contributed by atoms with Gasteiger partial charge in [0.1, 0.15) is 12.1 Å². The summed E-state index contributed by atoms with van der Waals surface area (Å²) in [6.07, 6.45) is 2.65. The predicted molar refractivity (Wildman–Crippen MR) is 96.4 cm³/mol. The van der Waals surface area contributed by atoms with Crippen molar-refractivity contribution >= 4 is 24.8 Å². The van der Waals surface area contributed by atoms with E-state index >= 15 is 0 Å². The number of nitrogens with two attached hydrogens (primary N) is 1. The van der Waals surface area contributed by atoms with E-state index in [1.165, 1.54) is 4.57 Å². The standard InChI is InChI=1S/C14H24N5O7P/c1-24-8-9-25-13-17-11(15)10-12(18-13)19(14(20)16-10)6-4-2-3-5-7-26-27(21,22)23/h2-9H2,1H3,(H,16,20)(H2,15,17,18)(H2,21,22,23). The Labute approximate surface area is 154 Å². The topological polar surface area (TPSA) is 175 Å². The van der Waals surface area contributed by atoms with Gasteiger partial charge in [-0.15, -0.1) is 0 Å². The van der Waals surface area contributed by atoms with E-state index in [1.54, 1.807) is 7.11 Å². The molecule has 2 aromatic rings. The van der Waals surface area contributed by atoms with Crippen molar-refractivity contribution in [2.45, 2.75) is 32.2 Å². The molecule has 0 aliphatic rings. The van der Waals surface area contributed by atoms with Gasteiger partial charge in [0.25, 0.3) is 0 Å². The molecule has 2 rings (SSSR count). The van der Waals surface area contributed by atoms with E-state index in [0.29, 0.717) is 43.6 Å². The van der Waals surface area contributed by atoms with Crippen LogP contribution < -0.4 is 16.2 Å². The molecule has 0 unspecified atom stereocenters. The SMILES string of the molecule is COCCOc1nc(N)c2[nH]c(=O)n(CCCCCCOP(=O)(O)O)c2n1. The fraction of sp³-hybridized carbons (Fsp3) is 0.643. The zero-order chi connectivity index (χ0) is 19.9. The van der Waals surface area contributed by atoms with E-state index < -0.39 is 7.82 Å². The minimum Gasteiger partial charge on any atom is -0.461 e. The molecule has 0 atom stereocenters. The van der Waals surface area contributed by atoms with Gasteiger partial charge in [0.15, 0.2) is 11.5 Å². The lowest BCUT2D eigenvalue weighted by Crippen LogP contribution is -2.17. The number of phosphoric acid groups is 1. The van der Waals surface area contributed by atoms with E-state index in [0.717, 1.165) is 6.42 Å². The van der Waals surface area contributed by atoms with Crippen LogP contribution in [0.4, 0.5) is 5.82 Å². The summed E-state index contributed by atoms with van der Waals surface area (Å²) in [6, 6.07) is 0.0689. The predicted octanol–water partition coefficient (Wildman–Crippen LogP) is 0.397. The molecule has 5 N–H and O–H groups in total. The van der Waals surface area contributed by atoms with Crippen LogP contribution in [-0.2, 0) is 20.4 Å². The Balaban J connectivity index is 1.93. The quantitative estimate of drug-likeness (QED) is 0.286. The maximum absolute atomic E-state index is 12.2. The Bertz CT molecular complexity index is 846. The maximum Gasteiger partial charge on any atom is 0.469 e. The number of imidazole rings is 1. The first-order valence-corrected chi connectivity index (χ1v) is 9.92. The Hall–Kier alpha value is -1.98. The molecule has 152 valence electrons. The lowest BCUT2D eigenvalue weighted by Gasteiger charge is -2.07. The van der Waals surface area contributed by atoms with E-state index in [1.807, 2.05) is 0 Å². The number of nitrogens with zero attached hydrogens (tertiary/aromatic N) is 3. The smallest absolute Gasteiger partial charge is 0.461 e. The first-order valence-electron chi connectivity index (χ1n) is 8.39. The zero-order valence-corrected chi connectivity index (χ0v) is 15.9. The molecular formula is C14H24N5O7P. The van der Waals surface area contributed by atoms with Crippen molar-refractivity contribution in [2.75, 3.05) is 32.7 Å². The molecule has 2 heterocycles. The van der Waals surface area contributed by atoms with Gasteiger partial charge in [-0.05, 0) is 12.8 Å². The lowest BCUT2D eigenvalue weighted by molar-refractivity contribution is 0.141. The number of nitrogens with one attached hydrogen (secondary N) is 1. The third kappa shape index (κ3) is 6.60. The highest BCUT2D eigenvalue weighted by molar-refractivity contribution is 7.46. The second-order valence-electron chi connectivity index (χ2n) is 5.75. The van der Waals surface area contributed by atoms with E-state index in [9.17, 15) is 9.36 Å². The highest BCUT2D eigenvalue weighted by Gasteiger charge is 2.15. The Morgan fingerprint density at radius 1 is 1.15 bits per heavy atom. The van der Waals surface area contributed by atoms with Gasteiger partial charge in [-0.1, -0.05) is 12.8 Å². The molecule has 27 heavy (non-hydrogen) atoms. The number of hydrogen-bond acceptors (Lipinski definition) is 8. The zero-order valence-electron chi connectivity index (χ0n) is 15.0. The van der Waals surface area contributed by atoms with Gasteiger partial charge in [0.2, 0.25) is 0 Å². The summed E-state index contributed by atoms with van der Waals surface area (Å²) in [5, 5.41) is 0. The fourth-order valence-electron chi connectivity index (χ4n) is 2.43. The number of fused-ring (bicyclic) bond motifs is 1. The number of ether oxygens (including phenoxy) is 2. The molecule has 0 aliphatic carbocycles. The maximum atomic E-state index is 12.2. The summed E-state index contributed by atoms with van der Waals surface area (Å²) in [5.74, 6) is 0.123. The molecule has 12 nitrogen and oxygen atoms in total. The van der Waals surface area contributed by atoms with Crippen LogP contribution in [0.3, 0.4) is 0 Å². The van der Waals surface area contributed by atoms with Crippen LogP contribution in [0.25, 0.3) is 11.2 Å². The lowest BCUT2D eigenvalue weighted by atomic mass is 10.2. The minimum absolute atomic E-state index is 0.0107. The van der Waals surface area contributed by atoms with Crippen LogP contribution in [0, 0.1) is 0 Å². The average molecular weight is 405 g/mol. The van der Waals surface area contributed by atoms with E-state index in [-0.39, 0.29) is 30.7 Å². The first kappa shape index (κ1) is 21.3. The van der Waals surface area contributed by atoms with Gasteiger partial charge in [0, 0.05) is 13.7 Å². The summed E-state index contributed by atoms with van der Waals surface area (Å²) in [4.78, 5) is 40.2. The number of aromatic amines is 1. The molecule has 0 aliphatic heterocycles. The highest BCUT2D eigenvalue weighted by Crippen LogP contribution is 2.35. The Morgan fingerprint density at radius 2 is 1.89 bits per heavy atom. The third-order valence-electron chi connectivity index (χ3n) is 3.68. The van der Waals surface area contributed by atoms with Crippen molar-refractivity contribution in [3.63, 3.8) is 0 Å². The molecular weight excluding hydrogens is 381 g/mol. The van der Waals surface area contributed by atoms with Crippen molar-refractivity contribution in [3.05, 3.63) is 10.5 Å². The molecule has 0 saturated carbocycles. The molecule has 0 spiro atoms. The number of aromatic nitrogens is 4. The number of rotatable bonds is 12. The molecule has 0 amide bonds. The molecule has 13 heteroatoms. The summed E-state index contributed by atoms with van der Waals surface area (Å²) < 4.78 is 26.7. The van der Waals surface area contributed by atoms with Crippen LogP contribution in [0.5, 0.6) is 6.01 Å². The molecule has 0 bridgehead atoms. The summed E-state index contributed by atoms with van der Waals surface area (Å²) in [6.45, 7) is 1.02. The van der Waals surface area contributed by atoms with Crippen LogP contribution in [0.1, 0.15) is 25.7 Å². The number of nitrogen functional groups attached to an aromatic ring is 1. The van der Waals surface area contributed by atoms with Crippen molar-refractivity contribution in [3.8, 4) is 6.01 Å². The van der Waals surface area contributed by atoms with Crippen molar-refractivity contribution < 1.29 is 28.3 Å². The summed E-state index contributed by atoms with van der Waals surface area (Å²) in [7, 11) is -2.86. The first-order chi connectivity index (χ1) is 12.8. The number of anilines is 1. The van der Waals surface area contributed by atoms with Gasteiger partial charge >= 0.3 is 19.5 Å². The molecule has 0 saturated heterocycles. The van der Waals surface area contributed by atoms with Crippen LogP contribution in [-0.4, -0.2) is 56.2 Å². The molecule has 2 aromatic heterocycles. The monoisotopic (exact) mass is 405 g/mol. The number of aryl methyl sites for hydroxylation is 1. The average Bonchev–Trinajstić information content (AvgIpc) is 2.90. The molecule has 0 fully saturated rings.